The summed E-state index contributed by atoms with van der Waals surface area (Å²) in [5, 5.41) is 3.08. The topological polar surface area (TPSA) is 29.1 Å². The molecule has 2 nitrogen and oxygen atoms in total. The number of hydrogen-bond donors (Lipinski definition) is 1. The quantitative estimate of drug-likeness (QED) is 0.907. The molecular formula is C18H22FNO. The molecule has 0 radical (unpaired) electrons. The molecule has 0 saturated heterocycles. The maximum atomic E-state index is 12.9. The highest BCUT2D eigenvalue weighted by molar-refractivity contribution is 5.94. The molecule has 0 spiro atoms. The van der Waals surface area contributed by atoms with Gasteiger partial charge in [-0.05, 0) is 65.2 Å². The molecular weight excluding hydrogens is 265 g/mol. The summed E-state index contributed by atoms with van der Waals surface area (Å²) >= 11 is 0. The van der Waals surface area contributed by atoms with E-state index in [0.29, 0.717) is 5.56 Å². The van der Waals surface area contributed by atoms with Gasteiger partial charge in [0.1, 0.15) is 5.82 Å². The second-order valence-corrected chi connectivity index (χ2v) is 7.62. The van der Waals surface area contributed by atoms with Crippen LogP contribution in [0, 0.1) is 46.7 Å². The summed E-state index contributed by atoms with van der Waals surface area (Å²) in [7, 11) is 0. The number of rotatable bonds is 3. The van der Waals surface area contributed by atoms with E-state index in [1.807, 2.05) is 0 Å². The van der Waals surface area contributed by atoms with Crippen molar-refractivity contribution in [3.05, 3.63) is 35.6 Å². The number of halogens is 1. The molecule has 4 atom stereocenters. The van der Waals surface area contributed by atoms with Gasteiger partial charge in [0.05, 0.1) is 0 Å². The van der Waals surface area contributed by atoms with Crippen LogP contribution in [0.5, 0.6) is 0 Å². The summed E-state index contributed by atoms with van der Waals surface area (Å²) in [6, 6.07) is 5.76. The fourth-order valence-corrected chi connectivity index (χ4v) is 6.16. The lowest BCUT2D eigenvalue weighted by atomic mass is 9.21. The van der Waals surface area contributed by atoms with Crippen LogP contribution in [0.4, 0.5) is 4.39 Å². The molecule has 3 aliphatic carbocycles. The van der Waals surface area contributed by atoms with Gasteiger partial charge in [0, 0.05) is 12.1 Å². The molecule has 4 rings (SSSR count). The Morgan fingerprint density at radius 2 is 1.71 bits per heavy atom. The van der Waals surface area contributed by atoms with Gasteiger partial charge in [-0.2, -0.15) is 0 Å². The van der Waals surface area contributed by atoms with Crippen molar-refractivity contribution in [3.63, 3.8) is 0 Å². The minimum absolute atomic E-state index is 0.0878. The van der Waals surface area contributed by atoms with Crippen LogP contribution in [0.25, 0.3) is 0 Å². The zero-order valence-corrected chi connectivity index (χ0v) is 12.8. The number of nitrogens with one attached hydrogen (secondary N) is 1. The van der Waals surface area contributed by atoms with Crippen molar-refractivity contribution < 1.29 is 9.18 Å². The van der Waals surface area contributed by atoms with Crippen molar-refractivity contribution in [1.82, 2.24) is 5.32 Å². The summed E-state index contributed by atoms with van der Waals surface area (Å²) in [5.41, 5.74) is 0.797. The van der Waals surface area contributed by atoms with Crippen LogP contribution >= 0.6 is 0 Å². The molecule has 3 heteroatoms. The van der Waals surface area contributed by atoms with Crippen LogP contribution in [-0.2, 0) is 0 Å². The third-order valence-corrected chi connectivity index (χ3v) is 6.88. The molecule has 3 saturated carbocycles. The Hall–Kier alpha value is -1.38. The van der Waals surface area contributed by atoms with Gasteiger partial charge < -0.3 is 5.32 Å². The minimum atomic E-state index is -0.307. The second-order valence-electron chi connectivity index (χ2n) is 7.62. The van der Waals surface area contributed by atoms with Crippen molar-refractivity contribution in [2.45, 2.75) is 20.8 Å². The maximum absolute atomic E-state index is 12.9. The lowest BCUT2D eigenvalue weighted by Crippen LogP contribution is -2.82. The zero-order valence-electron chi connectivity index (χ0n) is 12.8. The number of hydrogen-bond acceptors (Lipinski definition) is 1. The molecule has 1 N–H and O–H groups in total. The molecule has 21 heavy (non-hydrogen) atoms. The Balaban J connectivity index is 1.43. The third-order valence-electron chi connectivity index (χ3n) is 6.88. The molecule has 1 aromatic rings. The van der Waals surface area contributed by atoms with E-state index in [1.165, 1.54) is 12.1 Å². The first kappa shape index (κ1) is 13.3. The largest absolute Gasteiger partial charge is 0.351 e. The summed E-state index contributed by atoms with van der Waals surface area (Å²) in [6.45, 7) is 7.83. The van der Waals surface area contributed by atoms with E-state index in [0.717, 1.165) is 42.1 Å². The number of benzene rings is 1. The van der Waals surface area contributed by atoms with Gasteiger partial charge in [-0.25, -0.2) is 4.39 Å². The standard InChI is InChI=1S/C18H22FNO/c1-9-13-10(2)16-14(13)15(9)18(16,3)8-20-17(21)11-4-6-12(19)7-5-11/h4-7,9-10,13-16H,8H2,1-3H3,(H,20,21). The van der Waals surface area contributed by atoms with Gasteiger partial charge in [-0.15, -0.1) is 0 Å². The van der Waals surface area contributed by atoms with E-state index in [2.05, 4.69) is 26.1 Å². The normalized spacial score (nSPS) is 45.7. The van der Waals surface area contributed by atoms with Gasteiger partial charge in [0.2, 0.25) is 0 Å². The Morgan fingerprint density at radius 1 is 1.14 bits per heavy atom. The van der Waals surface area contributed by atoms with Crippen LogP contribution in [0.15, 0.2) is 24.3 Å². The van der Waals surface area contributed by atoms with Crippen LogP contribution in [-0.4, -0.2) is 12.5 Å². The molecule has 3 aliphatic rings. The molecule has 112 valence electrons. The zero-order chi connectivity index (χ0) is 14.9. The molecule has 0 aliphatic heterocycles. The predicted molar refractivity (Wildman–Crippen MR) is 79.1 cm³/mol. The fraction of sp³-hybridized carbons (Fsp3) is 0.611. The van der Waals surface area contributed by atoms with E-state index in [4.69, 9.17) is 0 Å². The predicted octanol–water partition coefficient (Wildman–Crippen LogP) is 3.34. The average Bonchev–Trinajstić information content (AvgIpc) is 2.43. The molecule has 1 amide bonds. The van der Waals surface area contributed by atoms with E-state index in [-0.39, 0.29) is 17.1 Å². The summed E-state index contributed by atoms with van der Waals surface area (Å²) in [4.78, 5) is 12.2. The highest BCUT2D eigenvalue weighted by atomic mass is 19.1. The molecule has 4 unspecified atom stereocenters. The highest BCUT2D eigenvalue weighted by Crippen LogP contribution is 2.82. The second kappa shape index (κ2) is 4.08. The third kappa shape index (κ3) is 1.50. The monoisotopic (exact) mass is 287 g/mol. The van der Waals surface area contributed by atoms with Gasteiger partial charge >= 0.3 is 0 Å². The van der Waals surface area contributed by atoms with E-state index in [9.17, 15) is 9.18 Å². The SMILES string of the molecule is CC1C2C(C)C3C2C1C3(C)CNC(=O)c1ccc(F)cc1. The van der Waals surface area contributed by atoms with Gasteiger partial charge in [0.15, 0.2) is 0 Å². The Morgan fingerprint density at radius 3 is 2.24 bits per heavy atom. The van der Waals surface area contributed by atoms with Crippen LogP contribution in [0.1, 0.15) is 31.1 Å². The van der Waals surface area contributed by atoms with Gasteiger partial charge in [-0.1, -0.05) is 20.8 Å². The lowest BCUT2D eigenvalue weighted by Gasteiger charge is -2.84. The molecule has 0 aromatic heterocycles. The van der Waals surface area contributed by atoms with Crippen molar-refractivity contribution in [3.8, 4) is 0 Å². The van der Waals surface area contributed by atoms with E-state index >= 15 is 0 Å². The summed E-state index contributed by atoms with van der Waals surface area (Å²) < 4.78 is 12.9. The van der Waals surface area contributed by atoms with E-state index < -0.39 is 0 Å². The fourth-order valence-electron chi connectivity index (χ4n) is 6.16. The average molecular weight is 287 g/mol. The van der Waals surface area contributed by atoms with Crippen molar-refractivity contribution in [2.24, 2.45) is 40.9 Å². The summed E-state index contributed by atoms with van der Waals surface area (Å²) in [6.07, 6.45) is 0. The van der Waals surface area contributed by atoms with Crippen LogP contribution in [0.2, 0.25) is 0 Å². The smallest absolute Gasteiger partial charge is 0.251 e. The van der Waals surface area contributed by atoms with Crippen LogP contribution < -0.4 is 5.32 Å². The highest BCUT2D eigenvalue weighted by Gasteiger charge is 2.79. The van der Waals surface area contributed by atoms with Crippen molar-refractivity contribution >= 4 is 5.91 Å². The minimum Gasteiger partial charge on any atom is -0.351 e. The first-order valence-corrected chi connectivity index (χ1v) is 7.99. The van der Waals surface area contributed by atoms with Gasteiger partial charge in [0.25, 0.3) is 5.91 Å². The van der Waals surface area contributed by atoms with Crippen molar-refractivity contribution in [1.29, 1.82) is 0 Å². The number of carbonyl (C=O) groups is 1. The number of amides is 1. The summed E-state index contributed by atoms with van der Waals surface area (Å²) in [5.74, 6) is 4.68. The van der Waals surface area contributed by atoms with Crippen LogP contribution in [0.3, 0.4) is 0 Å². The molecule has 0 heterocycles. The molecule has 3 fully saturated rings. The van der Waals surface area contributed by atoms with Gasteiger partial charge in [-0.3, -0.25) is 4.79 Å². The molecule has 1 aromatic carbocycles. The Labute approximate surface area is 125 Å². The maximum Gasteiger partial charge on any atom is 0.251 e. The molecule has 0 bridgehead atoms. The Bertz CT molecular complexity index is 567. The van der Waals surface area contributed by atoms with Crippen molar-refractivity contribution in [2.75, 3.05) is 6.54 Å². The Kier molecular flexibility index (Phi) is 2.59. The first-order valence-electron chi connectivity index (χ1n) is 7.99. The first-order chi connectivity index (χ1) is 9.95. The van der Waals surface area contributed by atoms with E-state index in [1.54, 1.807) is 12.1 Å². The number of carbonyl (C=O) groups excluding carboxylic acids is 1. The lowest BCUT2D eigenvalue weighted by molar-refractivity contribution is -0.366.